The number of aliphatic hydroxyl groups is 1. The standard InChI is InChI=1S/C15H18N2O2/c1-3-19-12-6-4-5-11(8-12)14(18)13-7-10(2)9-17-15(13)16/h4-9,14,18H,3H2,1-2H3,(H2,16,17). The maximum atomic E-state index is 10.4. The zero-order valence-electron chi connectivity index (χ0n) is 11.1. The molecule has 1 heterocycles. The van der Waals surface area contributed by atoms with E-state index in [1.165, 1.54) is 0 Å². The predicted molar refractivity (Wildman–Crippen MR) is 75.1 cm³/mol. The highest BCUT2D eigenvalue weighted by Gasteiger charge is 2.15. The van der Waals surface area contributed by atoms with Crippen molar-refractivity contribution in [2.45, 2.75) is 20.0 Å². The highest BCUT2D eigenvalue weighted by molar-refractivity contribution is 5.46. The van der Waals surface area contributed by atoms with E-state index in [4.69, 9.17) is 10.5 Å². The number of anilines is 1. The Morgan fingerprint density at radius 3 is 2.89 bits per heavy atom. The summed E-state index contributed by atoms with van der Waals surface area (Å²) in [6.07, 6.45) is 0.884. The molecule has 1 aromatic carbocycles. The summed E-state index contributed by atoms with van der Waals surface area (Å²) in [6, 6.07) is 9.21. The van der Waals surface area contributed by atoms with E-state index in [-0.39, 0.29) is 0 Å². The lowest BCUT2D eigenvalue weighted by Crippen LogP contribution is -2.06. The van der Waals surface area contributed by atoms with Gasteiger partial charge in [-0.25, -0.2) is 4.98 Å². The summed E-state index contributed by atoms with van der Waals surface area (Å²) in [4.78, 5) is 4.07. The Labute approximate surface area is 112 Å². The lowest BCUT2D eigenvalue weighted by atomic mass is 10.0. The normalized spacial score (nSPS) is 12.2. The van der Waals surface area contributed by atoms with Crippen LogP contribution in [0.15, 0.2) is 36.5 Å². The maximum absolute atomic E-state index is 10.4. The third kappa shape index (κ3) is 3.03. The molecule has 0 saturated carbocycles. The molecule has 4 heteroatoms. The van der Waals surface area contributed by atoms with Gasteiger partial charge in [-0.2, -0.15) is 0 Å². The van der Waals surface area contributed by atoms with Gasteiger partial charge in [-0.05, 0) is 43.2 Å². The Bertz CT molecular complexity index is 570. The summed E-state index contributed by atoms with van der Waals surface area (Å²) in [5.41, 5.74) is 8.14. The van der Waals surface area contributed by atoms with E-state index in [0.717, 1.165) is 16.9 Å². The highest BCUT2D eigenvalue weighted by atomic mass is 16.5. The third-order valence-electron chi connectivity index (χ3n) is 2.87. The average molecular weight is 258 g/mol. The quantitative estimate of drug-likeness (QED) is 0.884. The summed E-state index contributed by atoms with van der Waals surface area (Å²) in [5, 5.41) is 10.4. The molecule has 0 bridgehead atoms. The Kier molecular flexibility index (Phi) is 4.02. The van der Waals surface area contributed by atoms with E-state index in [0.29, 0.717) is 18.0 Å². The molecule has 1 atom stereocenters. The van der Waals surface area contributed by atoms with Crippen LogP contribution in [0.25, 0.3) is 0 Å². The molecule has 0 radical (unpaired) electrons. The molecule has 0 aliphatic heterocycles. The molecule has 0 aliphatic rings. The molecule has 0 fully saturated rings. The predicted octanol–water partition coefficient (Wildman–Crippen LogP) is 2.45. The van der Waals surface area contributed by atoms with Gasteiger partial charge in [0.15, 0.2) is 0 Å². The van der Waals surface area contributed by atoms with E-state index in [9.17, 15) is 5.11 Å². The molecule has 2 rings (SSSR count). The van der Waals surface area contributed by atoms with Gasteiger partial charge in [0, 0.05) is 11.8 Å². The van der Waals surface area contributed by atoms with Crippen LogP contribution < -0.4 is 10.5 Å². The first-order chi connectivity index (χ1) is 9.11. The molecule has 4 nitrogen and oxygen atoms in total. The molecule has 0 aliphatic carbocycles. The van der Waals surface area contributed by atoms with Crippen LogP contribution in [0.3, 0.4) is 0 Å². The summed E-state index contributed by atoms with van der Waals surface area (Å²) in [5.74, 6) is 1.08. The number of ether oxygens (including phenoxy) is 1. The number of rotatable bonds is 4. The molecular weight excluding hydrogens is 240 g/mol. The minimum Gasteiger partial charge on any atom is -0.494 e. The van der Waals surface area contributed by atoms with Crippen molar-refractivity contribution in [1.29, 1.82) is 0 Å². The number of hydrogen-bond donors (Lipinski definition) is 2. The van der Waals surface area contributed by atoms with Crippen LogP contribution in [-0.2, 0) is 0 Å². The first-order valence-electron chi connectivity index (χ1n) is 6.24. The number of nitrogen functional groups attached to an aromatic ring is 1. The summed E-state index contributed by atoms with van der Waals surface area (Å²) in [7, 11) is 0. The fourth-order valence-electron chi connectivity index (χ4n) is 1.94. The Morgan fingerprint density at radius 1 is 1.37 bits per heavy atom. The largest absolute Gasteiger partial charge is 0.494 e. The SMILES string of the molecule is CCOc1cccc(C(O)c2cc(C)cnc2N)c1. The first-order valence-corrected chi connectivity index (χ1v) is 6.24. The molecule has 19 heavy (non-hydrogen) atoms. The summed E-state index contributed by atoms with van der Waals surface area (Å²) >= 11 is 0. The minimum absolute atomic E-state index is 0.347. The van der Waals surface area contributed by atoms with Gasteiger partial charge in [0.1, 0.15) is 17.7 Å². The summed E-state index contributed by atoms with van der Waals surface area (Å²) in [6.45, 7) is 4.43. The number of aryl methyl sites for hydroxylation is 1. The van der Waals surface area contributed by atoms with Gasteiger partial charge in [0.05, 0.1) is 6.61 Å². The zero-order valence-corrected chi connectivity index (χ0v) is 11.1. The number of pyridine rings is 1. The molecule has 1 unspecified atom stereocenters. The lowest BCUT2D eigenvalue weighted by molar-refractivity contribution is 0.220. The molecule has 100 valence electrons. The van der Waals surface area contributed by atoms with E-state index in [2.05, 4.69) is 4.98 Å². The van der Waals surface area contributed by atoms with Gasteiger partial charge in [-0.1, -0.05) is 12.1 Å². The van der Waals surface area contributed by atoms with Crippen LogP contribution in [0.1, 0.15) is 29.7 Å². The topological polar surface area (TPSA) is 68.4 Å². The fourth-order valence-corrected chi connectivity index (χ4v) is 1.94. The third-order valence-corrected chi connectivity index (χ3v) is 2.87. The lowest BCUT2D eigenvalue weighted by Gasteiger charge is -2.15. The number of benzene rings is 1. The van der Waals surface area contributed by atoms with Crippen LogP contribution in [0.5, 0.6) is 5.75 Å². The first kappa shape index (κ1) is 13.4. The molecule has 0 spiro atoms. The van der Waals surface area contributed by atoms with E-state index < -0.39 is 6.10 Å². The van der Waals surface area contributed by atoms with Gasteiger partial charge in [0.25, 0.3) is 0 Å². The molecule has 0 saturated heterocycles. The van der Waals surface area contributed by atoms with Crippen molar-refractivity contribution in [2.24, 2.45) is 0 Å². The second-order valence-electron chi connectivity index (χ2n) is 4.40. The zero-order chi connectivity index (χ0) is 13.8. The van der Waals surface area contributed by atoms with Gasteiger partial charge in [0.2, 0.25) is 0 Å². The van der Waals surface area contributed by atoms with Gasteiger partial charge in [-0.3, -0.25) is 0 Å². The Balaban J connectivity index is 2.35. The van der Waals surface area contributed by atoms with Crippen LogP contribution in [0.2, 0.25) is 0 Å². The average Bonchev–Trinajstić information content (AvgIpc) is 2.41. The molecule has 0 amide bonds. The van der Waals surface area contributed by atoms with Crippen molar-refractivity contribution in [3.8, 4) is 5.75 Å². The van der Waals surface area contributed by atoms with Crippen molar-refractivity contribution in [3.05, 3.63) is 53.2 Å². The number of aromatic nitrogens is 1. The van der Waals surface area contributed by atoms with Crippen LogP contribution >= 0.6 is 0 Å². The van der Waals surface area contributed by atoms with Crippen molar-refractivity contribution >= 4 is 5.82 Å². The fraction of sp³-hybridized carbons (Fsp3) is 0.267. The summed E-state index contributed by atoms with van der Waals surface area (Å²) < 4.78 is 5.43. The van der Waals surface area contributed by atoms with Gasteiger partial charge >= 0.3 is 0 Å². The second-order valence-corrected chi connectivity index (χ2v) is 4.40. The Morgan fingerprint density at radius 2 is 2.16 bits per heavy atom. The van der Waals surface area contributed by atoms with Gasteiger partial charge < -0.3 is 15.6 Å². The van der Waals surface area contributed by atoms with Crippen LogP contribution in [-0.4, -0.2) is 16.7 Å². The highest BCUT2D eigenvalue weighted by Crippen LogP contribution is 2.28. The van der Waals surface area contributed by atoms with Crippen molar-refractivity contribution in [2.75, 3.05) is 12.3 Å². The maximum Gasteiger partial charge on any atom is 0.129 e. The van der Waals surface area contributed by atoms with Crippen molar-refractivity contribution in [1.82, 2.24) is 4.98 Å². The Hall–Kier alpha value is -2.07. The van der Waals surface area contributed by atoms with Crippen molar-refractivity contribution < 1.29 is 9.84 Å². The number of hydrogen-bond acceptors (Lipinski definition) is 4. The smallest absolute Gasteiger partial charge is 0.129 e. The second kappa shape index (κ2) is 5.71. The van der Waals surface area contributed by atoms with E-state index in [1.54, 1.807) is 6.20 Å². The molecule has 1 aromatic heterocycles. The van der Waals surface area contributed by atoms with E-state index >= 15 is 0 Å². The van der Waals surface area contributed by atoms with Crippen LogP contribution in [0, 0.1) is 6.92 Å². The number of nitrogens with zero attached hydrogens (tertiary/aromatic N) is 1. The molecule has 2 aromatic rings. The molecular formula is C15H18N2O2. The number of nitrogens with two attached hydrogens (primary N) is 1. The minimum atomic E-state index is -0.798. The van der Waals surface area contributed by atoms with Crippen molar-refractivity contribution in [3.63, 3.8) is 0 Å². The monoisotopic (exact) mass is 258 g/mol. The van der Waals surface area contributed by atoms with E-state index in [1.807, 2.05) is 44.2 Å². The van der Waals surface area contributed by atoms with Crippen LogP contribution in [0.4, 0.5) is 5.82 Å². The van der Waals surface area contributed by atoms with Gasteiger partial charge in [-0.15, -0.1) is 0 Å². The molecule has 3 N–H and O–H groups in total. The number of aliphatic hydroxyl groups excluding tert-OH is 1.